The Morgan fingerprint density at radius 2 is 2.22 bits per heavy atom. The average Bonchev–Trinajstić information content (AvgIpc) is 3.13. The number of aromatic nitrogens is 2. The molecule has 0 unspecified atom stereocenters. The molecule has 1 aromatic heterocycles. The molecule has 1 aliphatic rings. The molecular weight excluding hydrogens is 248 g/mol. The number of benzene rings is 1. The van der Waals surface area contributed by atoms with E-state index in [2.05, 4.69) is 5.10 Å². The lowest BCUT2D eigenvalue weighted by molar-refractivity contribution is 0.280. The zero-order valence-electron chi connectivity index (χ0n) is 10.2. The van der Waals surface area contributed by atoms with Crippen LogP contribution < -0.4 is 0 Å². The summed E-state index contributed by atoms with van der Waals surface area (Å²) < 4.78 is 1.73. The molecule has 0 bridgehead atoms. The molecule has 0 atom stereocenters. The third kappa shape index (κ3) is 1.93. The molecule has 0 spiro atoms. The van der Waals surface area contributed by atoms with Gasteiger partial charge in [0.05, 0.1) is 18.0 Å². The Labute approximate surface area is 111 Å². The lowest BCUT2D eigenvalue weighted by Crippen LogP contribution is -1.97. The number of aliphatic hydroxyl groups is 1. The van der Waals surface area contributed by atoms with Crippen molar-refractivity contribution in [3.05, 3.63) is 46.2 Å². The van der Waals surface area contributed by atoms with E-state index in [0.29, 0.717) is 11.1 Å². The first-order valence-electron chi connectivity index (χ1n) is 6.16. The van der Waals surface area contributed by atoms with E-state index in [1.54, 1.807) is 4.68 Å². The van der Waals surface area contributed by atoms with Crippen LogP contribution in [0.4, 0.5) is 0 Å². The molecule has 1 N–H and O–H groups in total. The maximum Gasteiger partial charge on any atom is 0.138 e. The van der Waals surface area contributed by atoms with E-state index >= 15 is 0 Å². The van der Waals surface area contributed by atoms with Gasteiger partial charge in [-0.3, -0.25) is 0 Å². The highest BCUT2D eigenvalue weighted by molar-refractivity contribution is 6.30. The molecule has 2 aromatic rings. The predicted molar refractivity (Wildman–Crippen MR) is 71.2 cm³/mol. The van der Waals surface area contributed by atoms with Crippen LogP contribution in [0.2, 0.25) is 5.15 Å². The Morgan fingerprint density at radius 1 is 1.44 bits per heavy atom. The van der Waals surface area contributed by atoms with Gasteiger partial charge in [-0.15, -0.1) is 0 Å². The topological polar surface area (TPSA) is 38.0 Å². The Kier molecular flexibility index (Phi) is 2.88. The second-order valence-electron chi connectivity index (χ2n) is 4.84. The molecule has 3 nitrogen and oxygen atoms in total. The highest BCUT2D eigenvalue weighted by atomic mass is 35.5. The molecule has 4 heteroatoms. The van der Waals surface area contributed by atoms with Crippen molar-refractivity contribution in [3.63, 3.8) is 0 Å². The van der Waals surface area contributed by atoms with Crippen LogP contribution in [0, 0.1) is 6.92 Å². The van der Waals surface area contributed by atoms with E-state index in [1.807, 2.05) is 31.2 Å². The monoisotopic (exact) mass is 262 g/mol. The van der Waals surface area contributed by atoms with Crippen molar-refractivity contribution >= 4 is 11.6 Å². The van der Waals surface area contributed by atoms with Crippen molar-refractivity contribution in [1.82, 2.24) is 9.78 Å². The third-order valence-corrected chi connectivity index (χ3v) is 3.71. The summed E-state index contributed by atoms with van der Waals surface area (Å²) >= 11 is 6.33. The summed E-state index contributed by atoms with van der Waals surface area (Å²) in [7, 11) is 0. The van der Waals surface area contributed by atoms with E-state index in [4.69, 9.17) is 11.6 Å². The fraction of sp³-hybridized carbons (Fsp3) is 0.357. The van der Waals surface area contributed by atoms with Gasteiger partial charge in [0, 0.05) is 11.5 Å². The Morgan fingerprint density at radius 3 is 2.83 bits per heavy atom. The number of hydrogen-bond donors (Lipinski definition) is 1. The van der Waals surface area contributed by atoms with Crippen LogP contribution in [0.5, 0.6) is 0 Å². The predicted octanol–water partition coefficient (Wildman–Crippen LogP) is 3.20. The highest BCUT2D eigenvalue weighted by Crippen LogP contribution is 2.43. The minimum absolute atomic E-state index is 0.0452. The SMILES string of the molecule is Cc1cccc(-n2nc(C3CC3)c(CO)c2Cl)c1. The number of nitrogens with zero attached hydrogens (tertiary/aromatic N) is 2. The van der Waals surface area contributed by atoms with Crippen LogP contribution in [0.3, 0.4) is 0 Å². The van der Waals surface area contributed by atoms with Crippen LogP contribution in [0.25, 0.3) is 5.69 Å². The van der Waals surface area contributed by atoms with Gasteiger partial charge in [-0.25, -0.2) is 4.68 Å². The Bertz CT molecular complexity index is 587. The molecule has 1 aromatic carbocycles. The van der Waals surface area contributed by atoms with Gasteiger partial charge in [0.2, 0.25) is 0 Å². The zero-order valence-corrected chi connectivity index (χ0v) is 11.0. The summed E-state index contributed by atoms with van der Waals surface area (Å²) in [6.07, 6.45) is 2.29. The number of aliphatic hydroxyl groups excluding tert-OH is 1. The van der Waals surface area contributed by atoms with Gasteiger partial charge in [0.15, 0.2) is 0 Å². The molecule has 94 valence electrons. The molecule has 0 amide bonds. The summed E-state index contributed by atoms with van der Waals surface area (Å²) in [4.78, 5) is 0. The minimum atomic E-state index is -0.0452. The van der Waals surface area contributed by atoms with Gasteiger partial charge < -0.3 is 5.11 Å². The number of aryl methyl sites for hydroxylation is 1. The smallest absolute Gasteiger partial charge is 0.138 e. The lowest BCUT2D eigenvalue weighted by atomic mass is 10.2. The third-order valence-electron chi connectivity index (χ3n) is 3.32. The summed E-state index contributed by atoms with van der Waals surface area (Å²) in [5.41, 5.74) is 3.85. The lowest BCUT2D eigenvalue weighted by Gasteiger charge is -2.04. The van der Waals surface area contributed by atoms with Crippen molar-refractivity contribution in [1.29, 1.82) is 0 Å². The first kappa shape index (κ1) is 11.8. The van der Waals surface area contributed by atoms with Gasteiger partial charge in [0.1, 0.15) is 5.15 Å². The van der Waals surface area contributed by atoms with Crippen LogP contribution in [-0.2, 0) is 6.61 Å². The molecule has 3 rings (SSSR count). The zero-order chi connectivity index (χ0) is 12.7. The molecule has 1 heterocycles. The van der Waals surface area contributed by atoms with Gasteiger partial charge in [-0.05, 0) is 37.5 Å². The molecule has 1 saturated carbocycles. The van der Waals surface area contributed by atoms with E-state index in [0.717, 1.165) is 35.3 Å². The summed E-state index contributed by atoms with van der Waals surface area (Å²) in [6, 6.07) is 8.04. The van der Waals surface area contributed by atoms with Crippen LogP contribution in [0.1, 0.15) is 35.6 Å². The average molecular weight is 263 g/mol. The molecule has 0 radical (unpaired) electrons. The van der Waals surface area contributed by atoms with Crippen LogP contribution >= 0.6 is 11.6 Å². The van der Waals surface area contributed by atoms with E-state index < -0.39 is 0 Å². The first-order chi connectivity index (χ1) is 8.70. The highest BCUT2D eigenvalue weighted by Gasteiger charge is 2.31. The molecule has 0 saturated heterocycles. The number of halogens is 1. The quantitative estimate of drug-likeness (QED) is 0.922. The maximum atomic E-state index is 9.45. The molecule has 0 aliphatic heterocycles. The van der Waals surface area contributed by atoms with Crippen molar-refractivity contribution < 1.29 is 5.11 Å². The van der Waals surface area contributed by atoms with Crippen LogP contribution in [0.15, 0.2) is 24.3 Å². The van der Waals surface area contributed by atoms with Crippen molar-refractivity contribution in [2.24, 2.45) is 0 Å². The van der Waals surface area contributed by atoms with Crippen LogP contribution in [-0.4, -0.2) is 14.9 Å². The Hall–Kier alpha value is -1.32. The van der Waals surface area contributed by atoms with Gasteiger partial charge in [-0.1, -0.05) is 23.7 Å². The summed E-state index contributed by atoms with van der Waals surface area (Å²) in [5, 5.41) is 14.6. The Balaban J connectivity index is 2.12. The minimum Gasteiger partial charge on any atom is -0.391 e. The molecular formula is C14H15ClN2O. The normalized spacial score (nSPS) is 15.1. The molecule has 18 heavy (non-hydrogen) atoms. The van der Waals surface area contributed by atoms with Crippen molar-refractivity contribution in [2.45, 2.75) is 32.3 Å². The van der Waals surface area contributed by atoms with E-state index in [1.165, 1.54) is 0 Å². The summed E-state index contributed by atoms with van der Waals surface area (Å²) in [5.74, 6) is 0.482. The second kappa shape index (κ2) is 4.41. The van der Waals surface area contributed by atoms with Crippen molar-refractivity contribution in [3.8, 4) is 5.69 Å². The van der Waals surface area contributed by atoms with E-state index in [-0.39, 0.29) is 6.61 Å². The van der Waals surface area contributed by atoms with Gasteiger partial charge in [0.25, 0.3) is 0 Å². The number of hydrogen-bond acceptors (Lipinski definition) is 2. The molecule has 1 fully saturated rings. The number of rotatable bonds is 3. The van der Waals surface area contributed by atoms with Gasteiger partial charge in [-0.2, -0.15) is 5.10 Å². The second-order valence-corrected chi connectivity index (χ2v) is 5.20. The van der Waals surface area contributed by atoms with Crippen molar-refractivity contribution in [2.75, 3.05) is 0 Å². The summed E-state index contributed by atoms with van der Waals surface area (Å²) in [6.45, 7) is 1.99. The largest absolute Gasteiger partial charge is 0.391 e. The standard InChI is InChI=1S/C14H15ClN2O/c1-9-3-2-4-11(7-9)17-14(15)12(8-18)13(16-17)10-5-6-10/h2-4,7,10,18H,5-6,8H2,1H3. The van der Waals surface area contributed by atoms with Gasteiger partial charge >= 0.3 is 0 Å². The molecule has 1 aliphatic carbocycles. The van der Waals surface area contributed by atoms with E-state index in [9.17, 15) is 5.11 Å². The first-order valence-corrected chi connectivity index (χ1v) is 6.53. The fourth-order valence-corrected chi connectivity index (χ4v) is 2.50. The fourth-order valence-electron chi connectivity index (χ4n) is 2.21. The maximum absolute atomic E-state index is 9.45.